The molecule has 0 aromatic heterocycles. The molecule has 0 aliphatic carbocycles. The third-order valence-electron chi connectivity index (χ3n) is 3.72. The molecular formula is C22H21NO5. The number of ether oxygens (including phenoxy) is 3. The average Bonchev–Trinajstić information content (AvgIpc) is 2.72. The minimum absolute atomic E-state index is 0.136. The van der Waals surface area contributed by atoms with E-state index in [1.807, 2.05) is 0 Å². The Labute approximate surface area is 164 Å². The van der Waals surface area contributed by atoms with Gasteiger partial charge in [0.1, 0.15) is 5.75 Å². The topological polar surface area (TPSA) is 85.6 Å². The summed E-state index contributed by atoms with van der Waals surface area (Å²) >= 11 is 0. The van der Waals surface area contributed by atoms with Crippen molar-refractivity contribution in [2.75, 3.05) is 6.61 Å². The summed E-state index contributed by atoms with van der Waals surface area (Å²) in [6.45, 7) is 3.89. The van der Waals surface area contributed by atoms with Crippen LogP contribution in [-0.2, 0) is 4.79 Å². The molecule has 0 saturated carbocycles. The van der Waals surface area contributed by atoms with E-state index in [1.165, 1.54) is 12.1 Å². The predicted octanol–water partition coefficient (Wildman–Crippen LogP) is 4.46. The quantitative estimate of drug-likeness (QED) is 0.262. The Morgan fingerprint density at radius 1 is 0.964 bits per heavy atom. The van der Waals surface area contributed by atoms with E-state index < -0.39 is 11.9 Å². The molecule has 2 rings (SSSR count). The van der Waals surface area contributed by atoms with E-state index in [9.17, 15) is 9.59 Å². The summed E-state index contributed by atoms with van der Waals surface area (Å²) in [5.41, 5.74) is 0.339. The Hall–Kier alpha value is -3.59. The van der Waals surface area contributed by atoms with Crippen LogP contribution in [0.3, 0.4) is 0 Å². The van der Waals surface area contributed by atoms with Gasteiger partial charge < -0.3 is 14.2 Å². The predicted molar refractivity (Wildman–Crippen MR) is 103 cm³/mol. The summed E-state index contributed by atoms with van der Waals surface area (Å²) in [4.78, 5) is 23.7. The first kappa shape index (κ1) is 20.7. The highest BCUT2D eigenvalue weighted by Crippen LogP contribution is 2.27. The maximum absolute atomic E-state index is 12.3. The van der Waals surface area contributed by atoms with Crippen LogP contribution in [-0.4, -0.2) is 18.5 Å². The van der Waals surface area contributed by atoms with Crippen LogP contribution in [0.1, 0.15) is 36.0 Å². The van der Waals surface area contributed by atoms with E-state index >= 15 is 0 Å². The van der Waals surface area contributed by atoms with Gasteiger partial charge in [-0.1, -0.05) is 18.7 Å². The summed E-state index contributed by atoms with van der Waals surface area (Å²) < 4.78 is 16.0. The smallest absolute Gasteiger partial charge is 0.343 e. The molecule has 2 aromatic carbocycles. The standard InChI is InChI=1S/C22H21NO5/c1-2-21(24)27-19-9-5-6-10-20(19)28-22(25)17-11-13-18(14-12-17)26-16-8-4-3-7-15-23/h2,5-6,9-14H,1,3-4,7-8,16H2. The van der Waals surface area contributed by atoms with Gasteiger partial charge in [-0.3, -0.25) is 0 Å². The number of nitriles is 1. The molecule has 0 bridgehead atoms. The number of carbonyl (C=O) groups excluding carboxylic acids is 2. The van der Waals surface area contributed by atoms with Crippen LogP contribution in [0.25, 0.3) is 0 Å². The molecule has 6 nitrogen and oxygen atoms in total. The zero-order valence-corrected chi connectivity index (χ0v) is 15.4. The van der Waals surface area contributed by atoms with E-state index in [4.69, 9.17) is 19.5 Å². The summed E-state index contributed by atoms with van der Waals surface area (Å²) in [6, 6.07) is 15.1. The van der Waals surface area contributed by atoms with Gasteiger partial charge >= 0.3 is 11.9 Å². The highest BCUT2D eigenvalue weighted by Gasteiger charge is 2.14. The summed E-state index contributed by atoms with van der Waals surface area (Å²) in [7, 11) is 0. The molecule has 144 valence electrons. The molecule has 0 atom stereocenters. The van der Waals surface area contributed by atoms with Gasteiger partial charge in [-0.05, 0) is 55.7 Å². The monoisotopic (exact) mass is 379 g/mol. The van der Waals surface area contributed by atoms with Gasteiger partial charge in [0.2, 0.25) is 0 Å². The van der Waals surface area contributed by atoms with Gasteiger partial charge in [0.05, 0.1) is 18.2 Å². The van der Waals surface area contributed by atoms with Crippen LogP contribution >= 0.6 is 0 Å². The van der Waals surface area contributed by atoms with Crippen LogP contribution in [0.5, 0.6) is 17.2 Å². The van der Waals surface area contributed by atoms with Crippen LogP contribution in [0.2, 0.25) is 0 Å². The molecule has 0 amide bonds. The minimum atomic E-state index is -0.641. The van der Waals surface area contributed by atoms with Gasteiger partial charge in [-0.2, -0.15) is 5.26 Å². The van der Waals surface area contributed by atoms with Gasteiger partial charge in [0.25, 0.3) is 0 Å². The maximum Gasteiger partial charge on any atom is 0.343 e. The fraction of sp³-hybridized carbons (Fsp3) is 0.227. The van der Waals surface area contributed by atoms with Crippen molar-refractivity contribution in [2.45, 2.75) is 25.7 Å². The molecule has 0 unspecified atom stereocenters. The Kier molecular flexibility index (Phi) is 8.28. The van der Waals surface area contributed by atoms with Crippen molar-refractivity contribution in [1.29, 1.82) is 5.26 Å². The average molecular weight is 379 g/mol. The van der Waals surface area contributed by atoms with E-state index in [-0.39, 0.29) is 11.5 Å². The van der Waals surface area contributed by atoms with Crippen molar-refractivity contribution in [3.63, 3.8) is 0 Å². The summed E-state index contributed by atoms with van der Waals surface area (Å²) in [5, 5.41) is 8.48. The van der Waals surface area contributed by atoms with Crippen molar-refractivity contribution in [1.82, 2.24) is 0 Å². The number of hydrogen-bond donors (Lipinski definition) is 0. The summed E-state index contributed by atoms with van der Waals surface area (Å²) in [6.07, 6.45) is 4.27. The summed E-state index contributed by atoms with van der Waals surface area (Å²) in [5.74, 6) is -0.294. The first-order valence-corrected chi connectivity index (χ1v) is 8.89. The molecule has 0 aliphatic rings. The van der Waals surface area contributed by atoms with Crippen LogP contribution < -0.4 is 14.2 Å². The number of hydrogen-bond acceptors (Lipinski definition) is 6. The third-order valence-corrected chi connectivity index (χ3v) is 3.72. The molecule has 2 aromatic rings. The first-order valence-electron chi connectivity index (χ1n) is 8.89. The third kappa shape index (κ3) is 6.61. The Bertz CT molecular complexity index is 852. The van der Waals surface area contributed by atoms with E-state index in [2.05, 4.69) is 12.6 Å². The number of benzene rings is 2. The highest BCUT2D eigenvalue weighted by atomic mass is 16.6. The maximum atomic E-state index is 12.3. The van der Waals surface area contributed by atoms with Gasteiger partial charge in [0, 0.05) is 12.5 Å². The highest BCUT2D eigenvalue weighted by molar-refractivity contribution is 5.91. The lowest BCUT2D eigenvalue weighted by Gasteiger charge is -2.10. The van der Waals surface area contributed by atoms with E-state index in [0.717, 1.165) is 25.3 Å². The van der Waals surface area contributed by atoms with Gasteiger partial charge in [0.15, 0.2) is 11.5 Å². The Morgan fingerprint density at radius 2 is 1.64 bits per heavy atom. The molecular weight excluding hydrogens is 358 g/mol. The number of unbranched alkanes of at least 4 members (excludes halogenated alkanes) is 3. The second kappa shape index (κ2) is 11.2. The lowest BCUT2D eigenvalue weighted by Crippen LogP contribution is -2.11. The van der Waals surface area contributed by atoms with Crippen molar-refractivity contribution in [3.05, 3.63) is 66.7 Å². The number of carbonyl (C=O) groups is 2. The van der Waals surface area contributed by atoms with E-state index in [0.29, 0.717) is 24.3 Å². The van der Waals surface area contributed by atoms with Crippen LogP contribution in [0.4, 0.5) is 0 Å². The number of nitrogens with zero attached hydrogens (tertiary/aromatic N) is 1. The minimum Gasteiger partial charge on any atom is -0.494 e. The fourth-order valence-electron chi connectivity index (χ4n) is 2.29. The first-order chi connectivity index (χ1) is 13.6. The normalized spacial score (nSPS) is 9.82. The SMILES string of the molecule is C=CC(=O)Oc1ccccc1OC(=O)c1ccc(OCCCCCC#N)cc1. The zero-order chi connectivity index (χ0) is 20.2. The second-order valence-corrected chi connectivity index (χ2v) is 5.80. The molecule has 28 heavy (non-hydrogen) atoms. The molecule has 0 N–H and O–H groups in total. The fourth-order valence-corrected chi connectivity index (χ4v) is 2.29. The van der Waals surface area contributed by atoms with Crippen molar-refractivity contribution in [2.24, 2.45) is 0 Å². The van der Waals surface area contributed by atoms with Crippen LogP contribution in [0, 0.1) is 11.3 Å². The van der Waals surface area contributed by atoms with Gasteiger partial charge in [-0.15, -0.1) is 0 Å². The molecule has 0 heterocycles. The molecule has 0 radical (unpaired) electrons. The van der Waals surface area contributed by atoms with E-state index in [1.54, 1.807) is 36.4 Å². The van der Waals surface area contributed by atoms with Crippen molar-refractivity contribution in [3.8, 4) is 23.3 Å². The Morgan fingerprint density at radius 3 is 2.29 bits per heavy atom. The number of rotatable bonds is 10. The largest absolute Gasteiger partial charge is 0.494 e. The van der Waals surface area contributed by atoms with Crippen LogP contribution in [0.15, 0.2) is 61.2 Å². The molecule has 0 fully saturated rings. The lowest BCUT2D eigenvalue weighted by atomic mass is 10.2. The van der Waals surface area contributed by atoms with Crippen molar-refractivity contribution >= 4 is 11.9 Å². The Balaban J connectivity index is 1.90. The number of esters is 2. The van der Waals surface area contributed by atoms with Crippen molar-refractivity contribution < 1.29 is 23.8 Å². The molecule has 0 spiro atoms. The molecule has 0 aliphatic heterocycles. The number of para-hydroxylation sites is 2. The lowest BCUT2D eigenvalue weighted by molar-refractivity contribution is -0.129. The van der Waals surface area contributed by atoms with Gasteiger partial charge in [-0.25, -0.2) is 9.59 Å². The second-order valence-electron chi connectivity index (χ2n) is 5.80. The zero-order valence-electron chi connectivity index (χ0n) is 15.4. The molecule has 0 saturated heterocycles. The molecule has 6 heteroatoms.